The number of amides is 2. The SMILES string of the molecule is COc1ccc(NC(=O)/N=C(\N)C2CCCN(Cc3cccc(F)c3)C2)cc1. The van der Waals surface area contributed by atoms with Crippen LogP contribution < -0.4 is 15.8 Å². The monoisotopic (exact) mass is 384 g/mol. The highest BCUT2D eigenvalue weighted by Crippen LogP contribution is 2.20. The van der Waals surface area contributed by atoms with Gasteiger partial charge in [0.25, 0.3) is 0 Å². The average molecular weight is 384 g/mol. The summed E-state index contributed by atoms with van der Waals surface area (Å²) in [5.74, 6) is 0.808. The van der Waals surface area contributed by atoms with E-state index in [4.69, 9.17) is 10.5 Å². The van der Waals surface area contributed by atoms with Crippen molar-refractivity contribution in [3.63, 3.8) is 0 Å². The Morgan fingerprint density at radius 3 is 2.82 bits per heavy atom. The van der Waals surface area contributed by atoms with Crippen LogP contribution in [0.5, 0.6) is 5.75 Å². The van der Waals surface area contributed by atoms with Gasteiger partial charge in [-0.25, -0.2) is 9.18 Å². The topological polar surface area (TPSA) is 79.9 Å². The zero-order chi connectivity index (χ0) is 19.9. The van der Waals surface area contributed by atoms with E-state index in [2.05, 4.69) is 15.2 Å². The first-order valence-electron chi connectivity index (χ1n) is 9.29. The number of nitrogens with zero attached hydrogens (tertiary/aromatic N) is 2. The van der Waals surface area contributed by atoms with Crippen molar-refractivity contribution >= 4 is 17.6 Å². The van der Waals surface area contributed by atoms with E-state index in [-0.39, 0.29) is 11.7 Å². The molecule has 3 rings (SSSR count). The zero-order valence-corrected chi connectivity index (χ0v) is 15.9. The molecule has 2 amide bonds. The molecule has 6 nitrogen and oxygen atoms in total. The van der Waals surface area contributed by atoms with Gasteiger partial charge in [-0.3, -0.25) is 4.90 Å². The van der Waals surface area contributed by atoms with Crippen LogP contribution in [-0.2, 0) is 6.54 Å². The van der Waals surface area contributed by atoms with Crippen LogP contribution in [0.15, 0.2) is 53.5 Å². The number of rotatable bonds is 5. The molecule has 1 saturated heterocycles. The first-order valence-corrected chi connectivity index (χ1v) is 9.29. The van der Waals surface area contributed by atoms with E-state index in [1.807, 2.05) is 6.07 Å². The predicted octanol–water partition coefficient (Wildman–Crippen LogP) is 3.64. The van der Waals surface area contributed by atoms with Crippen LogP contribution in [0, 0.1) is 11.7 Å². The molecule has 2 aromatic carbocycles. The van der Waals surface area contributed by atoms with Crippen molar-refractivity contribution in [3.8, 4) is 5.75 Å². The number of hydrogen-bond donors (Lipinski definition) is 2. The molecule has 0 aliphatic carbocycles. The van der Waals surface area contributed by atoms with Crippen LogP contribution >= 0.6 is 0 Å². The molecule has 1 fully saturated rings. The maximum absolute atomic E-state index is 13.4. The molecule has 3 N–H and O–H groups in total. The molecule has 1 unspecified atom stereocenters. The Labute approximate surface area is 164 Å². The van der Waals surface area contributed by atoms with Gasteiger partial charge < -0.3 is 15.8 Å². The lowest BCUT2D eigenvalue weighted by molar-refractivity contribution is 0.196. The summed E-state index contributed by atoms with van der Waals surface area (Å²) in [7, 11) is 1.58. The Hall–Kier alpha value is -2.93. The van der Waals surface area contributed by atoms with Gasteiger partial charge in [-0.15, -0.1) is 0 Å². The van der Waals surface area contributed by atoms with Gasteiger partial charge in [-0.05, 0) is 61.3 Å². The second-order valence-electron chi connectivity index (χ2n) is 6.90. The number of ether oxygens (including phenoxy) is 1. The standard InChI is InChI=1S/C21H25FN4O2/c1-28-19-9-7-18(8-10-19)24-21(27)25-20(23)16-5-3-11-26(14-16)13-15-4-2-6-17(22)12-15/h2,4,6-10,12,16H,3,5,11,13-14H2,1H3,(H3,23,24,25,27). The summed E-state index contributed by atoms with van der Waals surface area (Å²) in [5.41, 5.74) is 7.66. The third kappa shape index (κ3) is 5.53. The number of anilines is 1. The molecule has 0 saturated carbocycles. The van der Waals surface area contributed by atoms with Crippen LogP contribution in [0.25, 0.3) is 0 Å². The number of methoxy groups -OCH3 is 1. The van der Waals surface area contributed by atoms with Crippen molar-refractivity contribution in [2.45, 2.75) is 19.4 Å². The number of aliphatic imine (C=N–C) groups is 1. The Kier molecular flexibility index (Phi) is 6.60. The number of urea groups is 1. The molecule has 7 heteroatoms. The largest absolute Gasteiger partial charge is 0.497 e. The van der Waals surface area contributed by atoms with Crippen molar-refractivity contribution in [1.29, 1.82) is 0 Å². The Bertz CT molecular complexity index is 839. The van der Waals surface area contributed by atoms with Gasteiger partial charge in [-0.1, -0.05) is 12.1 Å². The fourth-order valence-electron chi connectivity index (χ4n) is 3.37. The number of amidine groups is 1. The number of halogens is 1. The average Bonchev–Trinajstić information content (AvgIpc) is 2.68. The molecule has 1 heterocycles. The van der Waals surface area contributed by atoms with Gasteiger partial charge in [0.05, 0.1) is 7.11 Å². The number of carbonyl (C=O) groups excluding carboxylic acids is 1. The summed E-state index contributed by atoms with van der Waals surface area (Å²) in [6.07, 6.45) is 1.83. The molecular weight excluding hydrogens is 359 g/mol. The molecule has 28 heavy (non-hydrogen) atoms. The number of benzene rings is 2. The highest BCUT2D eigenvalue weighted by Gasteiger charge is 2.23. The quantitative estimate of drug-likeness (QED) is 0.609. The first kappa shape index (κ1) is 19.8. The second-order valence-corrected chi connectivity index (χ2v) is 6.90. The van der Waals surface area contributed by atoms with Crippen LogP contribution in [0.3, 0.4) is 0 Å². The Morgan fingerprint density at radius 1 is 1.32 bits per heavy atom. The third-order valence-electron chi connectivity index (χ3n) is 4.79. The van der Waals surface area contributed by atoms with Crippen LogP contribution in [0.4, 0.5) is 14.9 Å². The summed E-state index contributed by atoms with van der Waals surface area (Å²) >= 11 is 0. The number of likely N-dealkylation sites (tertiary alicyclic amines) is 1. The lowest BCUT2D eigenvalue weighted by atomic mass is 9.96. The minimum atomic E-state index is -0.495. The van der Waals surface area contributed by atoms with Crippen LogP contribution in [0.2, 0.25) is 0 Å². The molecule has 0 aromatic heterocycles. The van der Waals surface area contributed by atoms with E-state index < -0.39 is 6.03 Å². The number of hydrogen-bond acceptors (Lipinski definition) is 3. The van der Waals surface area contributed by atoms with Crippen LogP contribution in [-0.4, -0.2) is 37.0 Å². The molecule has 1 aliphatic heterocycles. The summed E-state index contributed by atoms with van der Waals surface area (Å²) in [6.45, 7) is 2.26. The molecule has 0 radical (unpaired) electrons. The van der Waals surface area contributed by atoms with Crippen molar-refractivity contribution in [2.75, 3.05) is 25.5 Å². The van der Waals surface area contributed by atoms with Crippen molar-refractivity contribution < 1.29 is 13.9 Å². The molecule has 0 spiro atoms. The van der Waals surface area contributed by atoms with E-state index >= 15 is 0 Å². The van der Waals surface area contributed by atoms with Crippen molar-refractivity contribution in [3.05, 3.63) is 59.9 Å². The molecular formula is C21H25FN4O2. The highest BCUT2D eigenvalue weighted by atomic mass is 19.1. The van der Waals surface area contributed by atoms with E-state index in [1.165, 1.54) is 6.07 Å². The summed E-state index contributed by atoms with van der Waals surface area (Å²) in [6, 6.07) is 13.1. The third-order valence-corrected chi connectivity index (χ3v) is 4.79. The van der Waals surface area contributed by atoms with Crippen LogP contribution in [0.1, 0.15) is 18.4 Å². The molecule has 1 atom stereocenters. The second kappa shape index (κ2) is 9.32. The minimum Gasteiger partial charge on any atom is -0.497 e. The van der Waals surface area contributed by atoms with Gasteiger partial charge in [0.1, 0.15) is 17.4 Å². The molecule has 1 aliphatic rings. The maximum Gasteiger partial charge on any atom is 0.347 e. The van der Waals surface area contributed by atoms with Gasteiger partial charge in [0.2, 0.25) is 0 Å². The lowest BCUT2D eigenvalue weighted by Gasteiger charge is -2.32. The Morgan fingerprint density at radius 2 is 2.11 bits per heavy atom. The number of nitrogens with one attached hydrogen (secondary N) is 1. The molecule has 148 valence electrons. The first-order chi connectivity index (χ1) is 13.5. The Balaban J connectivity index is 1.57. The predicted molar refractivity (Wildman–Crippen MR) is 108 cm³/mol. The number of nitrogens with two attached hydrogens (primary N) is 1. The molecule has 0 bridgehead atoms. The zero-order valence-electron chi connectivity index (χ0n) is 15.9. The number of piperidine rings is 1. The van der Waals surface area contributed by atoms with E-state index in [0.717, 1.165) is 24.9 Å². The fourth-order valence-corrected chi connectivity index (χ4v) is 3.37. The number of carbonyl (C=O) groups is 1. The maximum atomic E-state index is 13.4. The van der Waals surface area contributed by atoms with Gasteiger partial charge >= 0.3 is 6.03 Å². The van der Waals surface area contributed by atoms with Gasteiger partial charge in [0.15, 0.2) is 0 Å². The smallest absolute Gasteiger partial charge is 0.347 e. The van der Waals surface area contributed by atoms with E-state index in [0.29, 0.717) is 30.4 Å². The normalized spacial score (nSPS) is 17.9. The highest BCUT2D eigenvalue weighted by molar-refractivity contribution is 6.00. The molecule has 2 aromatic rings. The van der Waals surface area contributed by atoms with E-state index in [9.17, 15) is 9.18 Å². The van der Waals surface area contributed by atoms with Gasteiger partial charge in [0, 0.05) is 24.7 Å². The van der Waals surface area contributed by atoms with Crippen molar-refractivity contribution in [2.24, 2.45) is 16.6 Å². The van der Waals surface area contributed by atoms with Gasteiger partial charge in [-0.2, -0.15) is 4.99 Å². The van der Waals surface area contributed by atoms with Crippen molar-refractivity contribution in [1.82, 2.24) is 4.90 Å². The fraction of sp³-hybridized carbons (Fsp3) is 0.333. The summed E-state index contributed by atoms with van der Waals surface area (Å²) in [5, 5.41) is 2.70. The summed E-state index contributed by atoms with van der Waals surface area (Å²) in [4.78, 5) is 18.4. The van der Waals surface area contributed by atoms with E-state index in [1.54, 1.807) is 43.5 Å². The summed E-state index contributed by atoms with van der Waals surface area (Å²) < 4.78 is 18.5. The minimum absolute atomic E-state index is 0.00364. The lowest BCUT2D eigenvalue weighted by Crippen LogP contribution is -2.41.